The fraction of sp³-hybridized carbons (Fsp3) is 0.0400. The first-order chi connectivity index (χ1) is 14.8. The van der Waals surface area contributed by atoms with Crippen LogP contribution < -0.4 is 10.2 Å². The molecule has 0 fully saturated rings. The number of rotatable bonds is 7. The van der Waals surface area contributed by atoms with Crippen molar-refractivity contribution in [1.29, 1.82) is 0 Å². The predicted molar refractivity (Wildman–Crippen MR) is 116 cm³/mol. The zero-order valence-electron chi connectivity index (χ0n) is 16.2. The number of hydrogen-bond acceptors (Lipinski definition) is 4. The van der Waals surface area contributed by atoms with Crippen LogP contribution >= 0.6 is 0 Å². The van der Waals surface area contributed by atoms with Gasteiger partial charge in [-0.05, 0) is 41.5 Å². The van der Waals surface area contributed by atoms with E-state index in [0.29, 0.717) is 17.9 Å². The normalized spacial score (nSPS) is 10.8. The average molecular weight is 396 g/mol. The summed E-state index contributed by atoms with van der Waals surface area (Å²) >= 11 is 0. The van der Waals surface area contributed by atoms with Gasteiger partial charge in [-0.3, -0.25) is 4.79 Å². The molecule has 5 nitrogen and oxygen atoms in total. The highest BCUT2D eigenvalue weighted by molar-refractivity contribution is 5.94. The van der Waals surface area contributed by atoms with Gasteiger partial charge in [0.05, 0.1) is 12.5 Å². The van der Waals surface area contributed by atoms with Crippen molar-refractivity contribution in [1.82, 2.24) is 5.43 Å². The summed E-state index contributed by atoms with van der Waals surface area (Å²) in [7, 11) is 0. The second-order valence-electron chi connectivity index (χ2n) is 6.56. The minimum atomic E-state index is -0.292. The molecule has 4 aromatic rings. The minimum Gasteiger partial charge on any atom is -0.488 e. The Bertz CT molecular complexity index is 1120. The van der Waals surface area contributed by atoms with E-state index in [1.165, 1.54) is 6.21 Å². The van der Waals surface area contributed by atoms with Crippen LogP contribution in [-0.4, -0.2) is 12.1 Å². The number of nitrogens with zero attached hydrogens (tertiary/aromatic N) is 1. The smallest absolute Gasteiger partial charge is 0.271 e. The minimum absolute atomic E-state index is 0.292. The fourth-order valence-electron chi connectivity index (χ4n) is 2.95. The number of nitrogens with one attached hydrogen (secondary N) is 1. The van der Waals surface area contributed by atoms with Crippen molar-refractivity contribution in [2.24, 2.45) is 5.10 Å². The van der Waals surface area contributed by atoms with E-state index in [4.69, 9.17) is 9.15 Å². The molecule has 0 bridgehead atoms. The maximum atomic E-state index is 12.2. The van der Waals surface area contributed by atoms with Gasteiger partial charge in [0.15, 0.2) is 0 Å². The molecule has 0 saturated carbocycles. The van der Waals surface area contributed by atoms with E-state index in [-0.39, 0.29) is 5.91 Å². The predicted octanol–water partition coefficient (Wildman–Crippen LogP) is 5.29. The molecule has 0 saturated heterocycles. The molecule has 0 unspecified atom stereocenters. The molecule has 1 aromatic heterocycles. The fourth-order valence-corrected chi connectivity index (χ4v) is 2.95. The number of carbonyl (C=O) groups excluding carboxylic acids is 1. The summed E-state index contributed by atoms with van der Waals surface area (Å²) in [4.78, 5) is 12.2. The molecule has 0 aliphatic rings. The second kappa shape index (κ2) is 9.39. The lowest BCUT2D eigenvalue weighted by Gasteiger charge is -2.12. The van der Waals surface area contributed by atoms with Crippen molar-refractivity contribution < 1.29 is 13.9 Å². The van der Waals surface area contributed by atoms with Crippen LogP contribution in [0.1, 0.15) is 21.7 Å². The largest absolute Gasteiger partial charge is 0.488 e. The third kappa shape index (κ3) is 4.83. The van der Waals surface area contributed by atoms with Gasteiger partial charge < -0.3 is 9.15 Å². The van der Waals surface area contributed by atoms with Crippen molar-refractivity contribution in [3.63, 3.8) is 0 Å². The van der Waals surface area contributed by atoms with Crippen LogP contribution in [0, 0.1) is 0 Å². The molecule has 0 spiro atoms. The lowest BCUT2D eigenvalue weighted by atomic mass is 10.0. The Kier molecular flexibility index (Phi) is 6.01. The summed E-state index contributed by atoms with van der Waals surface area (Å²) in [5.41, 5.74) is 6.11. The molecule has 1 amide bonds. The highest BCUT2D eigenvalue weighted by Gasteiger charge is 2.07. The number of para-hydroxylation sites is 1. The Morgan fingerprint density at radius 1 is 0.900 bits per heavy atom. The lowest BCUT2D eigenvalue weighted by molar-refractivity contribution is 0.0955. The van der Waals surface area contributed by atoms with Crippen LogP contribution in [0.2, 0.25) is 0 Å². The lowest BCUT2D eigenvalue weighted by Crippen LogP contribution is -2.17. The van der Waals surface area contributed by atoms with E-state index in [1.807, 2.05) is 54.6 Å². The van der Waals surface area contributed by atoms with Crippen molar-refractivity contribution in [2.45, 2.75) is 6.61 Å². The van der Waals surface area contributed by atoms with E-state index in [2.05, 4.69) is 22.7 Å². The first kappa shape index (κ1) is 19.2. The average Bonchev–Trinajstić information content (AvgIpc) is 3.32. The van der Waals surface area contributed by atoms with Gasteiger partial charge in [-0.2, -0.15) is 5.10 Å². The van der Waals surface area contributed by atoms with Crippen LogP contribution in [-0.2, 0) is 6.61 Å². The Labute approximate surface area is 174 Å². The monoisotopic (exact) mass is 396 g/mol. The van der Waals surface area contributed by atoms with Gasteiger partial charge in [-0.15, -0.1) is 0 Å². The number of amides is 1. The standard InChI is InChI=1S/C25H20N2O3/c28-25(27-26-17-22-9-6-16-29-22)21-14-12-19(13-15-21)18-30-24-11-5-4-10-23(24)20-7-2-1-3-8-20/h1-17H,18H2,(H,27,28). The number of furan rings is 1. The van der Waals surface area contributed by atoms with Crippen molar-refractivity contribution >= 4 is 12.1 Å². The molecule has 4 rings (SSSR count). The first-order valence-corrected chi connectivity index (χ1v) is 9.53. The van der Waals surface area contributed by atoms with Crippen molar-refractivity contribution in [3.05, 3.63) is 114 Å². The van der Waals surface area contributed by atoms with Gasteiger partial charge in [0.25, 0.3) is 5.91 Å². The van der Waals surface area contributed by atoms with Gasteiger partial charge >= 0.3 is 0 Å². The van der Waals surface area contributed by atoms with Crippen LogP contribution in [0.5, 0.6) is 5.75 Å². The van der Waals surface area contributed by atoms with Crippen LogP contribution in [0.25, 0.3) is 11.1 Å². The number of benzene rings is 3. The van der Waals surface area contributed by atoms with Crippen molar-refractivity contribution in [2.75, 3.05) is 0 Å². The molecule has 148 valence electrons. The highest BCUT2D eigenvalue weighted by atomic mass is 16.5. The summed E-state index contributed by atoms with van der Waals surface area (Å²) in [6.45, 7) is 0.405. The van der Waals surface area contributed by atoms with Gasteiger partial charge in [-0.1, -0.05) is 60.7 Å². The zero-order chi connectivity index (χ0) is 20.6. The molecule has 3 aromatic carbocycles. The molecule has 1 heterocycles. The number of hydrazone groups is 1. The highest BCUT2D eigenvalue weighted by Crippen LogP contribution is 2.30. The third-order valence-electron chi connectivity index (χ3n) is 4.48. The van der Waals surface area contributed by atoms with Crippen LogP contribution in [0.15, 0.2) is 107 Å². The maximum absolute atomic E-state index is 12.2. The summed E-state index contributed by atoms with van der Waals surface area (Å²) in [5, 5.41) is 3.88. The molecule has 0 radical (unpaired) electrons. The third-order valence-corrected chi connectivity index (χ3v) is 4.48. The number of hydrogen-bond donors (Lipinski definition) is 1. The van der Waals surface area contributed by atoms with E-state index in [9.17, 15) is 4.79 Å². The van der Waals surface area contributed by atoms with Gasteiger partial charge in [0.2, 0.25) is 0 Å². The topological polar surface area (TPSA) is 63.8 Å². The van der Waals surface area contributed by atoms with Gasteiger partial charge in [-0.25, -0.2) is 5.43 Å². The summed E-state index contributed by atoms with van der Waals surface area (Å²) in [6, 6.07) is 28.8. The van der Waals surface area contributed by atoms with Crippen molar-refractivity contribution in [3.8, 4) is 16.9 Å². The number of carbonyl (C=O) groups is 1. The Morgan fingerprint density at radius 2 is 1.67 bits per heavy atom. The second-order valence-corrected chi connectivity index (χ2v) is 6.56. The molecular formula is C25H20N2O3. The summed E-state index contributed by atoms with van der Waals surface area (Å²) in [5.74, 6) is 1.09. The molecule has 1 N–H and O–H groups in total. The van der Waals surface area contributed by atoms with Gasteiger partial charge in [0.1, 0.15) is 18.1 Å². The molecule has 5 heteroatoms. The molecule has 0 atom stereocenters. The molecule has 0 aliphatic heterocycles. The Balaban J connectivity index is 1.37. The van der Waals surface area contributed by atoms with E-state index in [0.717, 1.165) is 22.4 Å². The quantitative estimate of drug-likeness (QED) is 0.341. The van der Waals surface area contributed by atoms with E-state index in [1.54, 1.807) is 30.5 Å². The maximum Gasteiger partial charge on any atom is 0.271 e. The van der Waals surface area contributed by atoms with Gasteiger partial charge in [0, 0.05) is 11.1 Å². The molecule has 0 aliphatic carbocycles. The number of ether oxygens (including phenoxy) is 1. The van der Waals surface area contributed by atoms with E-state index >= 15 is 0 Å². The van der Waals surface area contributed by atoms with Crippen LogP contribution in [0.4, 0.5) is 0 Å². The molecule has 30 heavy (non-hydrogen) atoms. The van der Waals surface area contributed by atoms with E-state index < -0.39 is 0 Å². The summed E-state index contributed by atoms with van der Waals surface area (Å²) in [6.07, 6.45) is 2.99. The first-order valence-electron chi connectivity index (χ1n) is 9.53. The Morgan fingerprint density at radius 3 is 2.43 bits per heavy atom. The Hall–Kier alpha value is -4.12. The zero-order valence-corrected chi connectivity index (χ0v) is 16.2. The molecular weight excluding hydrogens is 376 g/mol. The SMILES string of the molecule is O=C(NN=Cc1ccco1)c1ccc(COc2ccccc2-c2ccccc2)cc1. The summed E-state index contributed by atoms with van der Waals surface area (Å²) < 4.78 is 11.2. The van der Waals surface area contributed by atoms with Crippen LogP contribution in [0.3, 0.4) is 0 Å².